The number of hydrogen-bond donors (Lipinski definition) is 2. The summed E-state index contributed by atoms with van der Waals surface area (Å²) >= 11 is 0. The monoisotopic (exact) mass is 346 g/mol. The predicted molar refractivity (Wildman–Crippen MR) is 81.1 cm³/mol. The van der Waals surface area contributed by atoms with Gasteiger partial charge in [0.15, 0.2) is 0 Å². The molecule has 0 bridgehead atoms. The van der Waals surface area contributed by atoms with E-state index in [-0.39, 0.29) is 16.6 Å². The molecule has 0 saturated heterocycles. The lowest BCUT2D eigenvalue weighted by Crippen LogP contribution is -2.14. The highest BCUT2D eigenvalue weighted by molar-refractivity contribution is 7.89. The molecule has 2 heterocycles. The zero-order valence-corrected chi connectivity index (χ0v) is 12.8. The molecule has 0 saturated carbocycles. The van der Waals surface area contributed by atoms with Crippen molar-refractivity contribution < 1.29 is 17.7 Å². The van der Waals surface area contributed by atoms with Crippen LogP contribution >= 0.6 is 0 Å². The number of sulfonamides is 1. The minimum absolute atomic E-state index is 0.0665. The van der Waals surface area contributed by atoms with Crippen LogP contribution in [0.25, 0.3) is 11.5 Å². The Bertz CT molecular complexity index is 969. The Hall–Kier alpha value is -3.18. The summed E-state index contributed by atoms with van der Waals surface area (Å²) in [5, 5.41) is 11.1. The fraction of sp³-hybridized carbons (Fsp3) is 0. The maximum absolute atomic E-state index is 12.1. The van der Waals surface area contributed by atoms with Crippen molar-refractivity contribution in [1.82, 2.24) is 20.1 Å². The Labute approximate surface area is 135 Å². The van der Waals surface area contributed by atoms with Crippen LogP contribution in [0.1, 0.15) is 10.7 Å². The third-order valence-electron chi connectivity index (χ3n) is 2.85. The average Bonchev–Trinajstić information content (AvgIpc) is 3.05. The summed E-state index contributed by atoms with van der Waals surface area (Å²) in [6.45, 7) is 0. The molecule has 3 aromatic rings. The van der Waals surface area contributed by atoms with Crippen LogP contribution in [0, 0.1) is 0 Å². The first kappa shape index (κ1) is 15.7. The number of primary sulfonamides is 1. The van der Waals surface area contributed by atoms with Crippen molar-refractivity contribution in [3.8, 4) is 11.5 Å². The molecule has 11 heteroatoms. The number of nitrogens with zero attached hydrogens (tertiary/aromatic N) is 4. The van der Waals surface area contributed by atoms with E-state index in [9.17, 15) is 13.2 Å². The number of carbonyl (C=O) groups excluding carboxylic acids is 1. The second kappa shape index (κ2) is 6.14. The molecule has 0 atom stereocenters. The van der Waals surface area contributed by atoms with Gasteiger partial charge >= 0.3 is 11.8 Å². The topological polar surface area (TPSA) is 154 Å². The van der Waals surface area contributed by atoms with Gasteiger partial charge in [-0.1, -0.05) is 5.16 Å². The molecule has 0 aliphatic heterocycles. The molecule has 0 aliphatic rings. The van der Waals surface area contributed by atoms with Gasteiger partial charge in [-0.15, -0.1) is 0 Å². The van der Waals surface area contributed by atoms with Crippen molar-refractivity contribution in [2.45, 2.75) is 4.90 Å². The van der Waals surface area contributed by atoms with E-state index in [4.69, 9.17) is 9.66 Å². The Morgan fingerprint density at radius 1 is 1.17 bits per heavy atom. The van der Waals surface area contributed by atoms with Crippen molar-refractivity contribution in [2.75, 3.05) is 5.32 Å². The van der Waals surface area contributed by atoms with Gasteiger partial charge in [-0.05, 0) is 24.3 Å². The number of hydrogen-bond acceptors (Lipinski definition) is 8. The molecular weight excluding hydrogens is 336 g/mol. The molecule has 1 amide bonds. The number of rotatable bonds is 4. The fourth-order valence-electron chi connectivity index (χ4n) is 1.75. The molecule has 122 valence electrons. The molecule has 0 unspecified atom stereocenters. The van der Waals surface area contributed by atoms with Gasteiger partial charge in [0.1, 0.15) is 5.69 Å². The van der Waals surface area contributed by atoms with Crippen molar-refractivity contribution in [3.63, 3.8) is 0 Å². The first-order valence-corrected chi connectivity index (χ1v) is 8.02. The highest BCUT2D eigenvalue weighted by atomic mass is 32.2. The van der Waals surface area contributed by atoms with Gasteiger partial charge in [-0.3, -0.25) is 9.78 Å². The van der Waals surface area contributed by atoms with Gasteiger partial charge in [0.2, 0.25) is 15.8 Å². The van der Waals surface area contributed by atoms with Gasteiger partial charge < -0.3 is 9.84 Å². The maximum atomic E-state index is 12.1. The Morgan fingerprint density at radius 3 is 2.54 bits per heavy atom. The fourth-order valence-corrected chi connectivity index (χ4v) is 2.26. The van der Waals surface area contributed by atoms with E-state index in [1.54, 1.807) is 0 Å². The van der Waals surface area contributed by atoms with Crippen LogP contribution in [0.4, 0.5) is 5.69 Å². The largest absolute Gasteiger partial charge is 0.328 e. The first-order chi connectivity index (χ1) is 11.4. The third kappa shape index (κ3) is 3.42. The number of aromatic nitrogens is 4. The van der Waals surface area contributed by atoms with Crippen molar-refractivity contribution >= 4 is 21.6 Å². The predicted octanol–water partition coefficient (Wildman–Crippen LogP) is 0.426. The third-order valence-corrected chi connectivity index (χ3v) is 3.78. The molecule has 3 rings (SSSR count). The molecule has 10 nitrogen and oxygen atoms in total. The number of nitrogens with two attached hydrogens (primary N) is 1. The highest BCUT2D eigenvalue weighted by Gasteiger charge is 2.17. The molecule has 0 aliphatic carbocycles. The zero-order chi connectivity index (χ0) is 17.2. The molecule has 2 aromatic heterocycles. The Kier molecular flexibility index (Phi) is 4.02. The van der Waals surface area contributed by atoms with Crippen LogP contribution in [0.5, 0.6) is 0 Å². The van der Waals surface area contributed by atoms with Gasteiger partial charge in [-0.2, -0.15) is 4.98 Å². The second-order valence-electron chi connectivity index (χ2n) is 4.54. The summed E-state index contributed by atoms with van der Waals surface area (Å²) in [6, 6.07) is 5.31. The number of amides is 1. The lowest BCUT2D eigenvalue weighted by molar-refractivity contribution is 0.0981. The molecule has 0 spiro atoms. The summed E-state index contributed by atoms with van der Waals surface area (Å²) in [5.41, 5.74) is 0.699. The summed E-state index contributed by atoms with van der Waals surface area (Å²) in [4.78, 5) is 23.8. The van der Waals surface area contributed by atoms with E-state index in [0.717, 1.165) is 0 Å². The van der Waals surface area contributed by atoms with Crippen LogP contribution < -0.4 is 10.5 Å². The van der Waals surface area contributed by atoms with E-state index in [1.165, 1.54) is 42.9 Å². The van der Waals surface area contributed by atoms with Gasteiger partial charge in [0, 0.05) is 18.1 Å². The molecular formula is C13H10N6O4S. The standard InChI is InChI=1S/C13H10N6O4S/c14-24(21,22)9-3-1-8(2-4-9)17-12(20)13-18-11(19-23-13)10-7-15-5-6-16-10/h1-7H,(H,17,20)(H2,14,21,22). The average molecular weight is 346 g/mol. The second-order valence-corrected chi connectivity index (χ2v) is 6.10. The molecule has 0 radical (unpaired) electrons. The Morgan fingerprint density at radius 2 is 1.92 bits per heavy atom. The van der Waals surface area contributed by atoms with Crippen molar-refractivity contribution in [3.05, 3.63) is 48.7 Å². The summed E-state index contributed by atoms with van der Waals surface area (Å²) in [7, 11) is -3.79. The normalized spacial score (nSPS) is 11.2. The summed E-state index contributed by atoms with van der Waals surface area (Å²) in [6.07, 6.45) is 4.37. The number of nitrogens with one attached hydrogen (secondary N) is 1. The van der Waals surface area contributed by atoms with Crippen LogP contribution in [0.2, 0.25) is 0 Å². The van der Waals surface area contributed by atoms with E-state index >= 15 is 0 Å². The molecule has 0 fully saturated rings. The van der Waals surface area contributed by atoms with Crippen molar-refractivity contribution in [2.24, 2.45) is 5.14 Å². The van der Waals surface area contributed by atoms with Crippen LogP contribution in [0.15, 0.2) is 52.3 Å². The summed E-state index contributed by atoms with van der Waals surface area (Å²) in [5.74, 6) is -0.801. The lowest BCUT2D eigenvalue weighted by atomic mass is 10.3. The first-order valence-electron chi connectivity index (χ1n) is 6.48. The number of anilines is 1. The molecule has 3 N–H and O–H groups in total. The zero-order valence-electron chi connectivity index (χ0n) is 11.9. The summed E-state index contributed by atoms with van der Waals surface area (Å²) < 4.78 is 27.2. The Balaban J connectivity index is 1.75. The van der Waals surface area contributed by atoms with E-state index in [0.29, 0.717) is 11.4 Å². The van der Waals surface area contributed by atoms with Crippen LogP contribution in [0.3, 0.4) is 0 Å². The van der Waals surface area contributed by atoms with E-state index < -0.39 is 15.9 Å². The van der Waals surface area contributed by atoms with E-state index in [1.807, 2.05) is 0 Å². The number of benzene rings is 1. The minimum atomic E-state index is -3.79. The maximum Gasteiger partial charge on any atom is 0.316 e. The molecule has 24 heavy (non-hydrogen) atoms. The van der Waals surface area contributed by atoms with Gasteiger partial charge in [-0.25, -0.2) is 18.5 Å². The lowest BCUT2D eigenvalue weighted by Gasteiger charge is -2.03. The number of carbonyl (C=O) groups is 1. The SMILES string of the molecule is NS(=O)(=O)c1ccc(NC(=O)c2nc(-c3cnccn3)no2)cc1. The van der Waals surface area contributed by atoms with E-state index in [2.05, 4.69) is 25.4 Å². The van der Waals surface area contributed by atoms with Crippen LogP contribution in [-0.4, -0.2) is 34.4 Å². The van der Waals surface area contributed by atoms with Crippen LogP contribution in [-0.2, 0) is 10.0 Å². The smallest absolute Gasteiger partial charge is 0.316 e. The van der Waals surface area contributed by atoms with Gasteiger partial charge in [0.05, 0.1) is 11.1 Å². The minimum Gasteiger partial charge on any atom is -0.328 e. The quantitative estimate of drug-likeness (QED) is 0.689. The van der Waals surface area contributed by atoms with Crippen molar-refractivity contribution in [1.29, 1.82) is 0 Å². The van der Waals surface area contributed by atoms with Gasteiger partial charge in [0.25, 0.3) is 0 Å². The highest BCUT2D eigenvalue weighted by Crippen LogP contribution is 2.15. The molecule has 1 aromatic carbocycles.